The maximum absolute atomic E-state index is 5.68. The smallest absolute Gasteiger partial charge is 0.0368 e. The molecule has 0 amide bonds. The second-order valence-corrected chi connectivity index (χ2v) is 7.92. The van der Waals surface area contributed by atoms with Crippen molar-refractivity contribution in [2.24, 2.45) is 0 Å². The van der Waals surface area contributed by atoms with E-state index in [9.17, 15) is 0 Å². The largest absolute Gasteiger partial charge is 0.399 e. The summed E-state index contributed by atoms with van der Waals surface area (Å²) < 4.78 is 0. The van der Waals surface area contributed by atoms with Crippen LogP contribution in [-0.4, -0.2) is 64.3 Å². The fourth-order valence-electron chi connectivity index (χ4n) is 3.78. The van der Waals surface area contributed by atoms with Crippen LogP contribution >= 0.6 is 0 Å². The topological polar surface area (TPSA) is 73.8 Å². The number of anilines is 4. The molecule has 2 aromatic rings. The molecule has 2 heterocycles. The quantitative estimate of drug-likeness (QED) is 0.678. The van der Waals surface area contributed by atoms with Crippen molar-refractivity contribution in [2.75, 3.05) is 80.7 Å². The minimum Gasteiger partial charge on any atom is -0.399 e. The van der Waals surface area contributed by atoms with Gasteiger partial charge in [-0.2, -0.15) is 0 Å². The van der Waals surface area contributed by atoms with E-state index in [0.29, 0.717) is 0 Å². The van der Waals surface area contributed by atoms with Gasteiger partial charge in [-0.15, -0.1) is 0 Å². The van der Waals surface area contributed by atoms with Crippen LogP contribution in [0.25, 0.3) is 0 Å². The van der Waals surface area contributed by atoms with Crippen molar-refractivity contribution in [1.29, 1.82) is 0 Å². The third-order valence-corrected chi connectivity index (χ3v) is 5.58. The summed E-state index contributed by atoms with van der Waals surface area (Å²) in [6.07, 6.45) is 2.45. The van der Waals surface area contributed by atoms with Crippen molar-refractivity contribution in [3.05, 3.63) is 48.5 Å². The summed E-state index contributed by atoms with van der Waals surface area (Å²) in [5.41, 5.74) is 15.6. The van der Waals surface area contributed by atoms with Crippen molar-refractivity contribution in [2.45, 2.75) is 12.8 Å². The molecule has 2 aliphatic heterocycles. The van der Waals surface area contributed by atoms with E-state index in [-0.39, 0.29) is 0 Å². The Kier molecular flexibility index (Phi) is 8.02. The predicted octanol–water partition coefficient (Wildman–Crippen LogP) is 2.48. The lowest BCUT2D eigenvalue weighted by Crippen LogP contribution is -2.28. The van der Waals surface area contributed by atoms with Crippen LogP contribution < -0.4 is 26.6 Å². The molecule has 5 N–H and O–H groups in total. The number of benzene rings is 2. The number of nitrogen functional groups attached to an aromatic ring is 2. The highest BCUT2D eigenvalue weighted by molar-refractivity contribution is 5.54. The Hall–Kier alpha value is -2.44. The third kappa shape index (κ3) is 6.84. The Labute approximate surface area is 175 Å². The van der Waals surface area contributed by atoms with Gasteiger partial charge in [0.1, 0.15) is 0 Å². The maximum Gasteiger partial charge on any atom is 0.0368 e. The molecular weight excluding hydrogens is 360 g/mol. The van der Waals surface area contributed by atoms with Crippen molar-refractivity contribution in [3.63, 3.8) is 0 Å². The molecule has 0 aliphatic carbocycles. The lowest BCUT2D eigenvalue weighted by Gasteiger charge is -2.22. The van der Waals surface area contributed by atoms with Crippen LogP contribution in [0.1, 0.15) is 12.8 Å². The first kappa shape index (κ1) is 21.3. The van der Waals surface area contributed by atoms with Gasteiger partial charge in [-0.25, -0.2) is 0 Å². The first-order chi connectivity index (χ1) is 14.1. The molecular formula is C23H36N6. The van der Waals surface area contributed by atoms with Crippen LogP contribution in [0.4, 0.5) is 22.7 Å². The molecule has 0 aromatic heterocycles. The molecule has 2 aromatic carbocycles. The van der Waals surface area contributed by atoms with E-state index in [1.807, 2.05) is 24.3 Å². The van der Waals surface area contributed by atoms with Crippen molar-refractivity contribution >= 4 is 22.7 Å². The average Bonchev–Trinajstić information content (AvgIpc) is 3.13. The van der Waals surface area contributed by atoms with Crippen molar-refractivity contribution in [3.8, 4) is 0 Å². The monoisotopic (exact) mass is 396 g/mol. The predicted molar refractivity (Wildman–Crippen MR) is 126 cm³/mol. The van der Waals surface area contributed by atoms with Gasteiger partial charge in [-0.1, -0.05) is 0 Å². The number of rotatable bonds is 2. The minimum atomic E-state index is 0.835. The summed E-state index contributed by atoms with van der Waals surface area (Å²) in [5, 5.41) is 3.39. The molecule has 0 saturated carbocycles. The van der Waals surface area contributed by atoms with Crippen LogP contribution in [0, 0.1) is 0 Å². The fraction of sp³-hybridized carbons (Fsp3) is 0.478. The van der Waals surface area contributed by atoms with E-state index in [4.69, 9.17) is 11.5 Å². The Morgan fingerprint density at radius 3 is 1.79 bits per heavy atom. The molecule has 2 saturated heterocycles. The summed E-state index contributed by atoms with van der Waals surface area (Å²) >= 11 is 0. The highest BCUT2D eigenvalue weighted by atomic mass is 15.2. The number of hydrogen-bond acceptors (Lipinski definition) is 6. The Balaban J connectivity index is 0.000000166. The van der Waals surface area contributed by atoms with Crippen molar-refractivity contribution < 1.29 is 0 Å². The Morgan fingerprint density at radius 1 is 0.621 bits per heavy atom. The third-order valence-electron chi connectivity index (χ3n) is 5.58. The number of nitrogens with two attached hydrogens (primary N) is 2. The van der Waals surface area contributed by atoms with Gasteiger partial charge in [0.05, 0.1) is 0 Å². The minimum absolute atomic E-state index is 0.835. The van der Waals surface area contributed by atoms with Gasteiger partial charge in [0.15, 0.2) is 0 Å². The molecule has 0 radical (unpaired) electrons. The van der Waals surface area contributed by atoms with Crippen LogP contribution in [-0.2, 0) is 0 Å². The molecule has 6 nitrogen and oxygen atoms in total. The lowest BCUT2D eigenvalue weighted by molar-refractivity contribution is 0.360. The summed E-state index contributed by atoms with van der Waals surface area (Å²) in [5.74, 6) is 0. The van der Waals surface area contributed by atoms with E-state index in [1.54, 1.807) is 0 Å². The number of nitrogens with zero attached hydrogens (tertiary/aromatic N) is 3. The fourth-order valence-corrected chi connectivity index (χ4v) is 3.78. The molecule has 2 fully saturated rings. The normalized spacial score (nSPS) is 18.4. The Morgan fingerprint density at radius 2 is 1.17 bits per heavy atom. The number of nitrogens with one attached hydrogen (secondary N) is 1. The van der Waals surface area contributed by atoms with Gasteiger partial charge >= 0.3 is 0 Å². The summed E-state index contributed by atoms with van der Waals surface area (Å²) in [6, 6.07) is 16.3. The molecule has 4 rings (SSSR count). The van der Waals surface area contributed by atoms with E-state index in [1.165, 1.54) is 30.8 Å². The second-order valence-electron chi connectivity index (χ2n) is 7.92. The Bertz CT molecular complexity index is 707. The summed E-state index contributed by atoms with van der Waals surface area (Å²) in [7, 11) is 2.19. The molecule has 0 unspecified atom stereocenters. The average molecular weight is 397 g/mol. The van der Waals surface area contributed by atoms with E-state index in [0.717, 1.165) is 57.2 Å². The van der Waals surface area contributed by atoms with Gasteiger partial charge in [-0.05, 0) is 81.5 Å². The van der Waals surface area contributed by atoms with Crippen LogP contribution in [0.5, 0.6) is 0 Å². The zero-order valence-electron chi connectivity index (χ0n) is 17.7. The molecule has 29 heavy (non-hydrogen) atoms. The maximum atomic E-state index is 5.68. The lowest BCUT2D eigenvalue weighted by atomic mass is 10.2. The van der Waals surface area contributed by atoms with E-state index in [2.05, 4.69) is 51.3 Å². The van der Waals surface area contributed by atoms with E-state index >= 15 is 0 Å². The molecule has 2 aliphatic rings. The highest BCUT2D eigenvalue weighted by Gasteiger charge is 2.12. The molecule has 6 heteroatoms. The first-order valence-electron chi connectivity index (χ1n) is 10.7. The van der Waals surface area contributed by atoms with Gasteiger partial charge in [-0.3, -0.25) is 0 Å². The van der Waals surface area contributed by atoms with Crippen molar-refractivity contribution in [1.82, 2.24) is 10.2 Å². The summed E-state index contributed by atoms with van der Waals surface area (Å²) in [4.78, 5) is 7.22. The van der Waals surface area contributed by atoms with Gasteiger partial charge < -0.3 is 31.5 Å². The van der Waals surface area contributed by atoms with Gasteiger partial charge in [0.25, 0.3) is 0 Å². The van der Waals surface area contributed by atoms with Gasteiger partial charge in [0, 0.05) is 62.0 Å². The van der Waals surface area contributed by atoms with Crippen LogP contribution in [0.2, 0.25) is 0 Å². The zero-order chi connectivity index (χ0) is 20.5. The SMILES string of the molecule is CN1CCCN(c2ccc(N)cc2)CC1.Nc1ccc(N2CCCNCC2)cc1. The molecule has 0 spiro atoms. The summed E-state index contributed by atoms with van der Waals surface area (Å²) in [6.45, 7) is 9.03. The number of likely N-dealkylation sites (N-methyl/N-ethyl adjacent to an activating group) is 1. The zero-order valence-corrected chi connectivity index (χ0v) is 17.7. The molecule has 0 bridgehead atoms. The number of hydrogen-bond donors (Lipinski definition) is 3. The molecule has 0 atom stereocenters. The van der Waals surface area contributed by atoms with Crippen LogP contribution in [0.3, 0.4) is 0 Å². The van der Waals surface area contributed by atoms with E-state index < -0.39 is 0 Å². The van der Waals surface area contributed by atoms with Crippen LogP contribution in [0.15, 0.2) is 48.5 Å². The first-order valence-corrected chi connectivity index (χ1v) is 10.7. The second kappa shape index (κ2) is 10.9. The molecule has 158 valence electrons. The standard InChI is InChI=1S/C12H19N3.C11H17N3/c1-14-7-2-8-15(10-9-14)12-5-3-11(13)4-6-12;12-10-2-4-11(5-3-10)14-8-1-6-13-7-9-14/h3-6H,2,7-10,13H2,1H3;2-5,13H,1,6-9,12H2. The van der Waals surface area contributed by atoms with Gasteiger partial charge in [0.2, 0.25) is 0 Å². The highest BCUT2D eigenvalue weighted by Crippen LogP contribution is 2.18.